The Bertz CT molecular complexity index is 491. The lowest BCUT2D eigenvalue weighted by Crippen LogP contribution is -2.33. The summed E-state index contributed by atoms with van der Waals surface area (Å²) in [5, 5.41) is 9.03. The molecule has 0 saturated heterocycles. The Hall–Kier alpha value is -1.36. The summed E-state index contributed by atoms with van der Waals surface area (Å²) in [6, 6.07) is 7.66. The Morgan fingerprint density at radius 2 is 1.81 bits per heavy atom. The highest BCUT2D eigenvalue weighted by atomic mass is 32.2. The lowest BCUT2D eigenvalue weighted by molar-refractivity contribution is -0.135. The van der Waals surface area contributed by atoms with Crippen molar-refractivity contribution in [3.8, 4) is 0 Å². The number of carbonyl (C=O) groups is 1. The third-order valence-electron chi connectivity index (χ3n) is 3.22. The molecule has 0 spiro atoms. The molecule has 0 aromatic heterocycles. The summed E-state index contributed by atoms with van der Waals surface area (Å²) in [6.07, 6.45) is 1.76. The highest BCUT2D eigenvalue weighted by Crippen LogP contribution is 2.25. The van der Waals surface area contributed by atoms with E-state index in [0.717, 1.165) is 12.8 Å². The van der Waals surface area contributed by atoms with E-state index in [4.69, 9.17) is 5.11 Å². The fourth-order valence-electron chi connectivity index (χ4n) is 1.91. The lowest BCUT2D eigenvalue weighted by Gasteiger charge is -2.24. The molecule has 0 heterocycles. The standard InChI is InChI=1S/C16H25NO3S/c1-5-6-11-21(20)17(12-15(18)19)14-9-7-13(8-10-14)16(2,3)4/h7-10H,5-6,11-12H2,1-4H3,(H,18,19). The van der Waals surface area contributed by atoms with Crippen molar-refractivity contribution in [1.82, 2.24) is 0 Å². The smallest absolute Gasteiger partial charge is 0.324 e. The number of benzene rings is 1. The number of hydrogen-bond acceptors (Lipinski definition) is 2. The fourth-order valence-corrected chi connectivity index (χ4v) is 3.28. The third-order valence-corrected chi connectivity index (χ3v) is 4.69. The summed E-state index contributed by atoms with van der Waals surface area (Å²) in [4.78, 5) is 11.0. The summed E-state index contributed by atoms with van der Waals surface area (Å²) in [6.45, 7) is 8.14. The van der Waals surface area contributed by atoms with Crippen LogP contribution in [0.5, 0.6) is 0 Å². The summed E-state index contributed by atoms with van der Waals surface area (Å²) in [7, 11) is -1.30. The minimum atomic E-state index is -1.30. The molecule has 5 heteroatoms. The van der Waals surface area contributed by atoms with Crippen molar-refractivity contribution in [2.45, 2.75) is 46.0 Å². The van der Waals surface area contributed by atoms with E-state index in [2.05, 4.69) is 20.8 Å². The Morgan fingerprint density at radius 1 is 1.24 bits per heavy atom. The van der Waals surface area contributed by atoms with E-state index in [0.29, 0.717) is 11.4 Å². The van der Waals surface area contributed by atoms with E-state index in [9.17, 15) is 9.00 Å². The van der Waals surface area contributed by atoms with E-state index in [1.807, 2.05) is 31.2 Å². The Morgan fingerprint density at radius 3 is 2.24 bits per heavy atom. The Balaban J connectivity index is 2.97. The molecule has 0 aliphatic carbocycles. The normalized spacial score (nSPS) is 13.0. The second-order valence-corrected chi connectivity index (χ2v) is 7.60. The number of anilines is 1. The molecule has 1 atom stereocenters. The molecule has 21 heavy (non-hydrogen) atoms. The monoisotopic (exact) mass is 311 g/mol. The van der Waals surface area contributed by atoms with Crippen molar-refractivity contribution in [2.75, 3.05) is 16.6 Å². The summed E-state index contributed by atoms with van der Waals surface area (Å²) < 4.78 is 13.8. The van der Waals surface area contributed by atoms with Crippen molar-refractivity contribution >= 4 is 22.6 Å². The minimum absolute atomic E-state index is 0.0392. The van der Waals surface area contributed by atoms with Crippen LogP contribution >= 0.6 is 0 Å². The fraction of sp³-hybridized carbons (Fsp3) is 0.562. The van der Waals surface area contributed by atoms with Gasteiger partial charge in [0.2, 0.25) is 0 Å². The zero-order valence-electron chi connectivity index (χ0n) is 13.3. The van der Waals surface area contributed by atoms with Gasteiger partial charge < -0.3 is 5.11 Å². The number of aliphatic carboxylic acids is 1. The first-order valence-corrected chi connectivity index (χ1v) is 8.51. The van der Waals surface area contributed by atoms with Crippen molar-refractivity contribution < 1.29 is 14.1 Å². The van der Waals surface area contributed by atoms with Gasteiger partial charge in [0.1, 0.15) is 17.5 Å². The van der Waals surface area contributed by atoms with Gasteiger partial charge in [-0.1, -0.05) is 46.2 Å². The molecule has 1 aromatic rings. The number of unbranched alkanes of at least 4 members (excludes halogenated alkanes) is 1. The lowest BCUT2D eigenvalue weighted by atomic mass is 9.87. The van der Waals surface area contributed by atoms with Gasteiger partial charge in [-0.2, -0.15) is 0 Å². The Kier molecular flexibility index (Phi) is 6.40. The first kappa shape index (κ1) is 17.7. The third kappa shape index (κ3) is 5.50. The Labute approximate surface area is 129 Å². The van der Waals surface area contributed by atoms with Gasteiger partial charge in [0, 0.05) is 11.4 Å². The van der Waals surface area contributed by atoms with Crippen molar-refractivity contribution in [3.63, 3.8) is 0 Å². The van der Waals surface area contributed by atoms with Crippen LogP contribution in [-0.4, -0.2) is 27.6 Å². The molecule has 0 radical (unpaired) electrons. The molecular weight excluding hydrogens is 286 g/mol. The zero-order chi connectivity index (χ0) is 16.0. The molecule has 0 amide bonds. The van der Waals surface area contributed by atoms with Gasteiger partial charge >= 0.3 is 5.97 Å². The number of rotatable bonds is 7. The van der Waals surface area contributed by atoms with Gasteiger partial charge in [-0.05, 0) is 29.5 Å². The van der Waals surface area contributed by atoms with Gasteiger partial charge in [-0.3, -0.25) is 9.10 Å². The maximum atomic E-state index is 12.3. The first-order chi connectivity index (χ1) is 9.75. The van der Waals surface area contributed by atoms with Crippen LogP contribution in [0.15, 0.2) is 24.3 Å². The van der Waals surface area contributed by atoms with Crippen LogP contribution in [0.4, 0.5) is 5.69 Å². The largest absolute Gasteiger partial charge is 0.480 e. The molecule has 1 N–H and O–H groups in total. The van der Waals surface area contributed by atoms with E-state index < -0.39 is 17.0 Å². The molecule has 1 rings (SSSR count). The molecule has 0 fully saturated rings. The van der Waals surface area contributed by atoms with Crippen molar-refractivity contribution in [2.24, 2.45) is 0 Å². The number of hydrogen-bond donors (Lipinski definition) is 1. The van der Waals surface area contributed by atoms with Gasteiger partial charge in [-0.15, -0.1) is 0 Å². The van der Waals surface area contributed by atoms with Crippen molar-refractivity contribution in [3.05, 3.63) is 29.8 Å². The molecule has 0 saturated carbocycles. The van der Waals surface area contributed by atoms with E-state index in [1.165, 1.54) is 9.87 Å². The van der Waals surface area contributed by atoms with Crippen LogP contribution in [0, 0.1) is 0 Å². The molecule has 1 aromatic carbocycles. The molecule has 0 aliphatic rings. The number of carboxylic acids is 1. The summed E-state index contributed by atoms with van der Waals surface area (Å²) >= 11 is 0. The summed E-state index contributed by atoms with van der Waals surface area (Å²) in [5.74, 6) is -0.482. The van der Waals surface area contributed by atoms with Gasteiger partial charge in [0.15, 0.2) is 0 Å². The highest BCUT2D eigenvalue weighted by molar-refractivity contribution is 7.86. The molecule has 118 valence electrons. The summed E-state index contributed by atoms with van der Waals surface area (Å²) in [5.41, 5.74) is 1.90. The number of nitrogens with zero attached hydrogens (tertiary/aromatic N) is 1. The van der Waals surface area contributed by atoms with Crippen LogP contribution in [-0.2, 0) is 21.2 Å². The second kappa shape index (κ2) is 7.59. The average molecular weight is 311 g/mol. The molecule has 0 bridgehead atoms. The maximum absolute atomic E-state index is 12.3. The average Bonchev–Trinajstić information content (AvgIpc) is 2.41. The van der Waals surface area contributed by atoms with Gasteiger partial charge in [0.05, 0.1) is 0 Å². The zero-order valence-corrected chi connectivity index (χ0v) is 14.1. The van der Waals surface area contributed by atoms with Gasteiger partial charge in [0.25, 0.3) is 0 Å². The van der Waals surface area contributed by atoms with Crippen LogP contribution in [0.25, 0.3) is 0 Å². The molecule has 1 unspecified atom stereocenters. The topological polar surface area (TPSA) is 57.6 Å². The molecule has 4 nitrogen and oxygen atoms in total. The van der Waals surface area contributed by atoms with Crippen molar-refractivity contribution in [1.29, 1.82) is 0 Å². The first-order valence-electron chi connectivity index (χ1n) is 7.24. The predicted molar refractivity (Wildman–Crippen MR) is 88.0 cm³/mol. The number of carboxylic acid groups (broad SMARTS) is 1. The second-order valence-electron chi connectivity index (χ2n) is 6.11. The SMILES string of the molecule is CCCCS(=O)N(CC(=O)O)c1ccc(C(C)(C)C)cc1. The quantitative estimate of drug-likeness (QED) is 0.840. The van der Waals surface area contributed by atoms with Crippen LogP contribution < -0.4 is 4.31 Å². The predicted octanol–water partition coefficient (Wildman–Crippen LogP) is 3.34. The van der Waals surface area contributed by atoms with E-state index >= 15 is 0 Å². The minimum Gasteiger partial charge on any atom is -0.480 e. The molecule has 0 aliphatic heterocycles. The highest BCUT2D eigenvalue weighted by Gasteiger charge is 2.19. The van der Waals surface area contributed by atoms with E-state index in [-0.39, 0.29) is 12.0 Å². The molecular formula is C16H25NO3S. The van der Waals surface area contributed by atoms with Crippen LogP contribution in [0.2, 0.25) is 0 Å². The van der Waals surface area contributed by atoms with Crippen LogP contribution in [0.3, 0.4) is 0 Å². The van der Waals surface area contributed by atoms with Gasteiger partial charge in [-0.25, -0.2) is 4.21 Å². The van der Waals surface area contributed by atoms with Crippen LogP contribution in [0.1, 0.15) is 46.1 Å². The van der Waals surface area contributed by atoms with E-state index in [1.54, 1.807) is 0 Å². The maximum Gasteiger partial charge on any atom is 0.324 e.